The number of hydrogen-bond acceptors (Lipinski definition) is 4. The van der Waals surface area contributed by atoms with Crippen LogP contribution in [0.15, 0.2) is 29.4 Å². The molecule has 0 aliphatic heterocycles. The Morgan fingerprint density at radius 2 is 1.50 bits per heavy atom. The van der Waals surface area contributed by atoms with E-state index in [1.165, 1.54) is 24.5 Å². The standard InChI is InChI=1S/C6H9NO6P2S/c8-14(9,10)6(15(11,12)13)16-5-1-3-7-4-2-5/h1-4,6H,(H2,8,9,10)(H2,11,12,13). The van der Waals surface area contributed by atoms with Gasteiger partial charge in [-0.1, -0.05) is 11.8 Å². The lowest BCUT2D eigenvalue weighted by atomic mass is 10.5. The van der Waals surface area contributed by atoms with Gasteiger partial charge in [0.2, 0.25) is 4.73 Å². The number of rotatable bonds is 4. The van der Waals surface area contributed by atoms with Crippen LogP contribution >= 0.6 is 27.0 Å². The molecule has 16 heavy (non-hydrogen) atoms. The highest BCUT2D eigenvalue weighted by molar-refractivity contribution is 8.12. The van der Waals surface area contributed by atoms with E-state index in [2.05, 4.69) is 4.98 Å². The second-order valence-corrected chi connectivity index (χ2v) is 8.48. The van der Waals surface area contributed by atoms with Crippen molar-refractivity contribution in [3.63, 3.8) is 0 Å². The molecule has 0 unspecified atom stereocenters. The first-order chi connectivity index (χ1) is 7.21. The summed E-state index contributed by atoms with van der Waals surface area (Å²) >= 11 is 0.436. The molecule has 0 saturated heterocycles. The minimum atomic E-state index is -4.88. The number of nitrogens with zero attached hydrogens (tertiary/aromatic N) is 1. The average Bonchev–Trinajstić information content (AvgIpc) is 2.12. The summed E-state index contributed by atoms with van der Waals surface area (Å²) in [5, 5.41) is 0. The van der Waals surface area contributed by atoms with Crippen molar-refractivity contribution in [3.05, 3.63) is 24.5 Å². The minimum Gasteiger partial charge on any atom is -0.323 e. The normalized spacial score (nSPS) is 13.1. The van der Waals surface area contributed by atoms with Crippen molar-refractivity contribution in [3.8, 4) is 0 Å². The number of aromatic nitrogens is 1. The van der Waals surface area contributed by atoms with Crippen molar-refractivity contribution in [2.45, 2.75) is 9.63 Å². The van der Waals surface area contributed by atoms with Crippen molar-refractivity contribution < 1.29 is 28.7 Å². The molecule has 0 amide bonds. The first kappa shape index (κ1) is 13.9. The van der Waals surface area contributed by atoms with Crippen LogP contribution in [0.3, 0.4) is 0 Å². The van der Waals surface area contributed by atoms with Crippen molar-refractivity contribution >= 4 is 27.0 Å². The predicted octanol–water partition coefficient (Wildman–Crippen LogP) is 0.813. The van der Waals surface area contributed by atoms with E-state index in [1.54, 1.807) is 0 Å². The molecule has 0 aliphatic rings. The zero-order valence-corrected chi connectivity index (χ0v) is 10.3. The molecule has 10 heteroatoms. The van der Waals surface area contributed by atoms with E-state index in [-0.39, 0.29) is 0 Å². The van der Waals surface area contributed by atoms with Crippen LogP contribution in [0.2, 0.25) is 0 Å². The molecule has 1 rings (SSSR count). The number of pyridine rings is 1. The van der Waals surface area contributed by atoms with Gasteiger partial charge in [-0.05, 0) is 12.1 Å². The molecule has 0 radical (unpaired) electrons. The van der Waals surface area contributed by atoms with E-state index in [4.69, 9.17) is 19.6 Å². The molecule has 1 aromatic rings. The summed E-state index contributed by atoms with van der Waals surface area (Å²) in [4.78, 5) is 39.4. The maximum atomic E-state index is 10.9. The van der Waals surface area contributed by atoms with Gasteiger partial charge in [0.05, 0.1) is 0 Å². The fraction of sp³-hybridized carbons (Fsp3) is 0.167. The summed E-state index contributed by atoms with van der Waals surface area (Å²) in [6.07, 6.45) is 2.72. The molecule has 1 aromatic heterocycles. The van der Waals surface area contributed by atoms with Crippen LogP contribution in [0.1, 0.15) is 0 Å². The zero-order valence-electron chi connectivity index (χ0n) is 7.74. The fourth-order valence-electron chi connectivity index (χ4n) is 0.872. The Kier molecular flexibility index (Phi) is 4.31. The Bertz CT molecular complexity index is 420. The molecular formula is C6H9NO6P2S. The topological polar surface area (TPSA) is 128 Å². The Morgan fingerprint density at radius 3 is 1.88 bits per heavy atom. The van der Waals surface area contributed by atoms with E-state index >= 15 is 0 Å². The first-order valence-electron chi connectivity index (χ1n) is 3.88. The summed E-state index contributed by atoms with van der Waals surface area (Å²) in [6.45, 7) is 0. The van der Waals surface area contributed by atoms with Gasteiger partial charge in [-0.15, -0.1) is 0 Å². The predicted molar refractivity (Wildman–Crippen MR) is 58.0 cm³/mol. The monoisotopic (exact) mass is 285 g/mol. The summed E-state index contributed by atoms with van der Waals surface area (Å²) in [5.41, 5.74) is 0. The first-order valence-corrected chi connectivity index (χ1v) is 8.12. The molecule has 0 bridgehead atoms. The maximum absolute atomic E-state index is 10.9. The quantitative estimate of drug-likeness (QED) is 0.472. The second kappa shape index (κ2) is 4.98. The number of hydrogen-bond donors (Lipinski definition) is 4. The highest BCUT2D eigenvalue weighted by atomic mass is 32.2. The molecular weight excluding hydrogens is 276 g/mol. The average molecular weight is 285 g/mol. The largest absolute Gasteiger partial charge is 0.351 e. The van der Waals surface area contributed by atoms with Crippen LogP contribution in [-0.4, -0.2) is 29.3 Å². The van der Waals surface area contributed by atoms with E-state index in [0.29, 0.717) is 16.7 Å². The van der Waals surface area contributed by atoms with Crippen LogP contribution in [0, 0.1) is 0 Å². The third kappa shape index (κ3) is 3.99. The maximum Gasteiger partial charge on any atom is 0.351 e. The summed E-state index contributed by atoms with van der Waals surface area (Å²) < 4.78 is 19.8. The van der Waals surface area contributed by atoms with Crippen LogP contribution in [0.5, 0.6) is 0 Å². The Labute approximate surface area is 95.2 Å². The van der Waals surface area contributed by atoms with E-state index < -0.39 is 19.9 Å². The fourth-order valence-corrected chi connectivity index (χ4v) is 4.79. The molecule has 0 saturated carbocycles. The highest BCUT2D eigenvalue weighted by Crippen LogP contribution is 2.65. The van der Waals surface area contributed by atoms with Crippen LogP contribution in [0.4, 0.5) is 0 Å². The smallest absolute Gasteiger partial charge is 0.323 e. The number of thioether (sulfide) groups is 1. The Morgan fingerprint density at radius 1 is 1.06 bits per heavy atom. The third-order valence-corrected chi connectivity index (χ3v) is 7.46. The van der Waals surface area contributed by atoms with Gasteiger partial charge in [0.1, 0.15) is 0 Å². The van der Waals surface area contributed by atoms with Crippen molar-refractivity contribution in [2.24, 2.45) is 0 Å². The van der Waals surface area contributed by atoms with Crippen LogP contribution < -0.4 is 0 Å². The van der Waals surface area contributed by atoms with Crippen molar-refractivity contribution in [2.75, 3.05) is 0 Å². The van der Waals surface area contributed by atoms with Gasteiger partial charge in [0, 0.05) is 17.3 Å². The molecule has 0 spiro atoms. The van der Waals surface area contributed by atoms with Gasteiger partial charge < -0.3 is 19.6 Å². The molecule has 4 N–H and O–H groups in total. The summed E-state index contributed by atoms with van der Waals surface area (Å²) in [6, 6.07) is 2.81. The summed E-state index contributed by atoms with van der Waals surface area (Å²) in [5.74, 6) is 0. The molecule has 0 aliphatic carbocycles. The highest BCUT2D eigenvalue weighted by Gasteiger charge is 2.44. The van der Waals surface area contributed by atoms with Crippen LogP contribution in [0.25, 0.3) is 0 Å². The van der Waals surface area contributed by atoms with Gasteiger partial charge in [-0.2, -0.15) is 0 Å². The van der Waals surface area contributed by atoms with Gasteiger partial charge in [0.15, 0.2) is 0 Å². The molecule has 0 atom stereocenters. The minimum absolute atomic E-state index is 0.326. The van der Waals surface area contributed by atoms with Gasteiger partial charge in [-0.25, -0.2) is 0 Å². The molecule has 7 nitrogen and oxygen atoms in total. The van der Waals surface area contributed by atoms with E-state index in [0.717, 1.165) is 0 Å². The second-order valence-electron chi connectivity index (χ2n) is 2.81. The molecule has 0 aromatic carbocycles. The molecule has 1 heterocycles. The van der Waals surface area contributed by atoms with Gasteiger partial charge in [-0.3, -0.25) is 14.1 Å². The third-order valence-electron chi connectivity index (χ3n) is 1.47. The SMILES string of the molecule is O=P(O)(O)C(Sc1ccncc1)P(=O)(O)O. The Hall–Kier alpha value is -0.200. The van der Waals surface area contributed by atoms with Gasteiger partial charge in [0.25, 0.3) is 0 Å². The molecule has 90 valence electrons. The summed E-state index contributed by atoms with van der Waals surface area (Å²) in [7, 11) is -9.77. The van der Waals surface area contributed by atoms with Crippen molar-refractivity contribution in [1.29, 1.82) is 0 Å². The lowest BCUT2D eigenvalue weighted by Gasteiger charge is -2.18. The van der Waals surface area contributed by atoms with E-state index in [1.807, 2.05) is 0 Å². The lowest BCUT2D eigenvalue weighted by molar-refractivity contribution is 0.352. The lowest BCUT2D eigenvalue weighted by Crippen LogP contribution is -2.04. The van der Waals surface area contributed by atoms with Crippen molar-refractivity contribution in [1.82, 2.24) is 4.98 Å². The van der Waals surface area contributed by atoms with E-state index in [9.17, 15) is 9.13 Å². The van der Waals surface area contributed by atoms with Gasteiger partial charge >= 0.3 is 15.2 Å². The molecule has 0 fully saturated rings. The Balaban J connectivity index is 2.99. The van der Waals surface area contributed by atoms with Crippen LogP contribution in [-0.2, 0) is 9.13 Å². The zero-order chi connectivity index (χ0) is 12.4.